The van der Waals surface area contributed by atoms with E-state index in [1.165, 1.54) is 0 Å². The number of aromatic nitrogens is 2. The number of halogens is 9. The minimum absolute atomic E-state index is 0.665. The molecule has 0 aromatic carbocycles. The lowest BCUT2D eigenvalue weighted by Crippen LogP contribution is -2.21. The fourth-order valence-electron chi connectivity index (χ4n) is 0.800. The van der Waals surface area contributed by atoms with E-state index in [0.717, 1.165) is 0 Å². The molecule has 1 heterocycles. The SMILES string of the molecule is FC(F)(F)c1[c]c(C(F)(F)F)nc(C(F)(F)F)n1. The van der Waals surface area contributed by atoms with Crippen LogP contribution in [0.2, 0.25) is 0 Å². The van der Waals surface area contributed by atoms with Gasteiger partial charge in [-0.05, 0) is 0 Å². The second-order valence-corrected chi connectivity index (χ2v) is 2.86. The van der Waals surface area contributed by atoms with E-state index in [0.29, 0.717) is 6.07 Å². The Kier molecular flexibility index (Phi) is 3.21. The van der Waals surface area contributed by atoms with Gasteiger partial charge in [0.15, 0.2) is 11.4 Å². The summed E-state index contributed by atoms with van der Waals surface area (Å²) >= 11 is 0. The van der Waals surface area contributed by atoms with Gasteiger partial charge in [0.1, 0.15) is 0 Å². The number of hydrogen-bond donors (Lipinski definition) is 0. The summed E-state index contributed by atoms with van der Waals surface area (Å²) in [6.45, 7) is 0. The fourth-order valence-corrected chi connectivity index (χ4v) is 0.800. The van der Waals surface area contributed by atoms with Crippen molar-refractivity contribution in [3.8, 4) is 0 Å². The van der Waals surface area contributed by atoms with Crippen LogP contribution in [0, 0.1) is 6.07 Å². The van der Waals surface area contributed by atoms with Gasteiger partial charge < -0.3 is 0 Å². The quantitative estimate of drug-likeness (QED) is 0.682. The molecule has 101 valence electrons. The van der Waals surface area contributed by atoms with Crippen molar-refractivity contribution < 1.29 is 39.5 Å². The number of rotatable bonds is 0. The van der Waals surface area contributed by atoms with Crippen molar-refractivity contribution in [1.29, 1.82) is 0 Å². The van der Waals surface area contributed by atoms with E-state index in [2.05, 4.69) is 0 Å². The molecule has 18 heavy (non-hydrogen) atoms. The molecule has 0 saturated heterocycles. The molecule has 0 bridgehead atoms. The third-order valence-electron chi connectivity index (χ3n) is 1.46. The molecular formula is C7F9N2. The summed E-state index contributed by atoms with van der Waals surface area (Å²) in [5.41, 5.74) is -4.87. The van der Waals surface area contributed by atoms with Crippen LogP contribution in [0.25, 0.3) is 0 Å². The predicted octanol–water partition coefficient (Wildman–Crippen LogP) is 3.33. The molecule has 11 heteroatoms. The summed E-state index contributed by atoms with van der Waals surface area (Å²) in [7, 11) is 0. The van der Waals surface area contributed by atoms with Gasteiger partial charge in [0.25, 0.3) is 0 Å². The maximum atomic E-state index is 12.1. The zero-order chi connectivity index (χ0) is 14.4. The first kappa shape index (κ1) is 14.5. The van der Waals surface area contributed by atoms with Crippen LogP contribution < -0.4 is 0 Å². The Morgan fingerprint density at radius 1 is 0.611 bits per heavy atom. The highest BCUT2D eigenvalue weighted by molar-refractivity contribution is 5.15. The lowest BCUT2D eigenvalue weighted by molar-refractivity contribution is -0.159. The van der Waals surface area contributed by atoms with Gasteiger partial charge in [-0.2, -0.15) is 39.5 Å². The molecule has 0 N–H and O–H groups in total. The molecule has 1 aromatic heterocycles. The molecule has 0 unspecified atom stereocenters. The normalized spacial score (nSPS) is 13.8. The first-order valence-electron chi connectivity index (χ1n) is 3.85. The number of hydrogen-bond acceptors (Lipinski definition) is 2. The molecule has 1 rings (SSSR count). The lowest BCUT2D eigenvalue weighted by atomic mass is 10.3. The molecule has 1 aromatic rings. The molecule has 2 nitrogen and oxygen atoms in total. The Balaban J connectivity index is 3.49. The molecule has 0 aliphatic heterocycles. The van der Waals surface area contributed by atoms with Gasteiger partial charge in [-0.3, -0.25) is 0 Å². The van der Waals surface area contributed by atoms with Crippen LogP contribution in [0.5, 0.6) is 0 Å². The van der Waals surface area contributed by atoms with E-state index in [1.807, 2.05) is 9.97 Å². The summed E-state index contributed by atoms with van der Waals surface area (Å²) < 4.78 is 109. The fraction of sp³-hybridized carbons (Fsp3) is 0.429. The average Bonchev–Trinajstić information content (AvgIpc) is 2.13. The molecule has 1 radical (unpaired) electrons. The maximum Gasteiger partial charge on any atom is 0.451 e. The largest absolute Gasteiger partial charge is 0.451 e. The Hall–Kier alpha value is -1.55. The van der Waals surface area contributed by atoms with E-state index in [9.17, 15) is 39.5 Å². The van der Waals surface area contributed by atoms with Gasteiger partial charge in [0.05, 0.1) is 0 Å². The van der Waals surface area contributed by atoms with E-state index in [4.69, 9.17) is 0 Å². The van der Waals surface area contributed by atoms with Crippen molar-refractivity contribution in [3.63, 3.8) is 0 Å². The molecule has 0 amide bonds. The van der Waals surface area contributed by atoms with Crippen LogP contribution >= 0.6 is 0 Å². The topological polar surface area (TPSA) is 25.8 Å². The average molecular weight is 283 g/mol. The highest BCUT2D eigenvalue weighted by Crippen LogP contribution is 2.35. The van der Waals surface area contributed by atoms with Crippen molar-refractivity contribution in [2.45, 2.75) is 18.5 Å². The zero-order valence-electron chi connectivity index (χ0n) is 7.80. The zero-order valence-corrected chi connectivity index (χ0v) is 7.80. The third-order valence-corrected chi connectivity index (χ3v) is 1.46. The molecule has 0 fully saturated rings. The smallest absolute Gasteiger partial charge is 0.219 e. The van der Waals surface area contributed by atoms with E-state index >= 15 is 0 Å². The molecule has 0 atom stereocenters. The predicted molar refractivity (Wildman–Crippen MR) is 35.9 cm³/mol. The van der Waals surface area contributed by atoms with Crippen LogP contribution in [-0.4, -0.2) is 9.97 Å². The van der Waals surface area contributed by atoms with Gasteiger partial charge in [-0.15, -0.1) is 0 Å². The third kappa shape index (κ3) is 3.23. The first-order valence-corrected chi connectivity index (χ1v) is 3.85. The first-order chi connectivity index (χ1) is 7.82. The van der Waals surface area contributed by atoms with Gasteiger partial charge in [0.2, 0.25) is 5.82 Å². The second kappa shape index (κ2) is 3.99. The van der Waals surface area contributed by atoms with Crippen LogP contribution in [0.4, 0.5) is 39.5 Å². The minimum atomic E-state index is -5.53. The van der Waals surface area contributed by atoms with E-state index in [1.54, 1.807) is 0 Å². The lowest BCUT2D eigenvalue weighted by Gasteiger charge is -2.12. The summed E-state index contributed by atoms with van der Waals surface area (Å²) in [5, 5.41) is 0. The van der Waals surface area contributed by atoms with Crippen molar-refractivity contribution in [2.24, 2.45) is 0 Å². The molecule has 0 saturated carbocycles. The van der Waals surface area contributed by atoms with Gasteiger partial charge in [-0.1, -0.05) is 0 Å². The summed E-state index contributed by atoms with van der Waals surface area (Å²) in [6, 6.07) is 0.665. The van der Waals surface area contributed by atoms with Crippen molar-refractivity contribution in [2.75, 3.05) is 0 Å². The highest BCUT2D eigenvalue weighted by atomic mass is 19.4. The highest BCUT2D eigenvalue weighted by Gasteiger charge is 2.44. The Morgan fingerprint density at radius 2 is 0.944 bits per heavy atom. The van der Waals surface area contributed by atoms with Crippen LogP contribution in [-0.2, 0) is 18.5 Å². The molecule has 0 spiro atoms. The Bertz CT molecular complexity index is 363. The van der Waals surface area contributed by atoms with E-state index in [-0.39, 0.29) is 0 Å². The van der Waals surface area contributed by atoms with Gasteiger partial charge in [0, 0.05) is 6.07 Å². The molecule has 0 aliphatic carbocycles. The van der Waals surface area contributed by atoms with Gasteiger partial charge >= 0.3 is 18.5 Å². The summed E-state index contributed by atoms with van der Waals surface area (Å²) in [5.74, 6) is -2.53. The van der Waals surface area contributed by atoms with E-state index < -0.39 is 35.7 Å². The molecule has 0 aliphatic rings. The van der Waals surface area contributed by atoms with Crippen molar-refractivity contribution >= 4 is 0 Å². The standard InChI is InChI=1S/C7F9N2/c8-5(9,10)2-1-3(6(11,12)13)18-4(17-2)7(14,15)16. The van der Waals surface area contributed by atoms with Crippen molar-refractivity contribution in [3.05, 3.63) is 23.3 Å². The maximum absolute atomic E-state index is 12.1. The van der Waals surface area contributed by atoms with Crippen LogP contribution in [0.1, 0.15) is 17.2 Å². The number of nitrogens with zero attached hydrogens (tertiary/aromatic N) is 2. The monoisotopic (exact) mass is 283 g/mol. The molecular weight excluding hydrogens is 283 g/mol. The summed E-state index contributed by atoms with van der Waals surface area (Å²) in [6.07, 6.45) is -16.5. The Labute approximate surface area is 92.5 Å². The van der Waals surface area contributed by atoms with Crippen LogP contribution in [0.15, 0.2) is 0 Å². The van der Waals surface area contributed by atoms with Gasteiger partial charge in [-0.25, -0.2) is 9.97 Å². The minimum Gasteiger partial charge on any atom is -0.219 e. The summed E-state index contributed by atoms with van der Waals surface area (Å²) in [4.78, 5) is 3.95. The Morgan fingerprint density at radius 3 is 1.17 bits per heavy atom. The number of alkyl halides is 9. The van der Waals surface area contributed by atoms with Crippen LogP contribution in [0.3, 0.4) is 0 Å². The second-order valence-electron chi connectivity index (χ2n) is 2.86. The van der Waals surface area contributed by atoms with Crippen molar-refractivity contribution in [1.82, 2.24) is 9.97 Å².